The number of aliphatic carboxylic acids is 1. The Balaban J connectivity index is 2.76. The summed E-state index contributed by atoms with van der Waals surface area (Å²) < 4.78 is 0. The van der Waals surface area contributed by atoms with Gasteiger partial charge in [-0.3, -0.25) is 9.59 Å². The third-order valence-corrected chi connectivity index (χ3v) is 3.56. The van der Waals surface area contributed by atoms with Crippen LogP contribution < -0.4 is 11.1 Å². The molecule has 0 spiro atoms. The molecule has 0 aromatic carbocycles. The van der Waals surface area contributed by atoms with Gasteiger partial charge in [0.05, 0.1) is 5.54 Å². The van der Waals surface area contributed by atoms with Gasteiger partial charge in [-0.05, 0) is 33.1 Å². The molecule has 0 unspecified atom stereocenters. The summed E-state index contributed by atoms with van der Waals surface area (Å²) in [5, 5.41) is 11.5. The average Bonchev–Trinajstić information content (AvgIpc) is 2.90. The summed E-state index contributed by atoms with van der Waals surface area (Å²) in [5.74, 6) is -2.07. The van der Waals surface area contributed by atoms with Crippen molar-refractivity contribution in [3.05, 3.63) is 0 Å². The Morgan fingerprint density at radius 1 is 1.45 bits per heavy atom. The number of hydrogen-bond donors (Lipinski definition) is 3. The third kappa shape index (κ3) is 4.52. The van der Waals surface area contributed by atoms with Gasteiger partial charge in [0.25, 0.3) is 0 Å². The number of rotatable bonds is 7. The number of aldehydes is 1. The normalized spacial score (nSPS) is 19.6. The molecule has 2 amide bonds. The molecule has 1 aliphatic rings. The summed E-state index contributed by atoms with van der Waals surface area (Å²) in [5.41, 5.74) is 4.69. The highest BCUT2D eigenvalue weighted by Crippen LogP contribution is 2.21. The molecule has 0 radical (unpaired) electrons. The fourth-order valence-corrected chi connectivity index (χ4v) is 2.41. The quantitative estimate of drug-likeness (QED) is 0.531. The number of carboxylic acid groups (broad SMARTS) is 1. The third-order valence-electron chi connectivity index (χ3n) is 3.56. The van der Waals surface area contributed by atoms with Gasteiger partial charge in [-0.15, -0.1) is 0 Å². The minimum absolute atomic E-state index is 0.0215. The van der Waals surface area contributed by atoms with E-state index in [-0.39, 0.29) is 18.7 Å². The van der Waals surface area contributed by atoms with Crippen molar-refractivity contribution in [2.24, 2.45) is 5.73 Å². The molecule has 1 rings (SSSR count). The molecule has 124 valence electrons. The molecule has 0 saturated carbocycles. The number of carbonyl (C=O) groups is 4. The molecule has 22 heavy (non-hydrogen) atoms. The van der Waals surface area contributed by atoms with Crippen LogP contribution in [0, 0.1) is 0 Å². The first-order chi connectivity index (χ1) is 10.2. The zero-order valence-electron chi connectivity index (χ0n) is 12.9. The SMILES string of the molecule is CC(C)(N)C(=O)N1CCC[C@H]1C(=O)N[C@@H](CCC=O)C(=O)O. The second-order valence-corrected chi connectivity index (χ2v) is 6.02. The molecule has 0 aliphatic carbocycles. The molecule has 8 heteroatoms. The van der Waals surface area contributed by atoms with Crippen LogP contribution in [0.3, 0.4) is 0 Å². The lowest BCUT2D eigenvalue weighted by Crippen LogP contribution is -2.57. The topological polar surface area (TPSA) is 130 Å². The van der Waals surface area contributed by atoms with Crippen LogP contribution in [0.2, 0.25) is 0 Å². The van der Waals surface area contributed by atoms with E-state index in [4.69, 9.17) is 10.8 Å². The number of carbonyl (C=O) groups excluding carboxylic acids is 3. The molecule has 2 atom stereocenters. The standard InChI is InChI=1S/C14H23N3O5/c1-14(2,15)13(22)17-7-3-6-10(17)11(19)16-9(12(20)21)5-4-8-18/h8-10H,3-7,15H2,1-2H3,(H,16,19)(H,20,21)/t9-,10-/m0/s1. The van der Waals surface area contributed by atoms with Gasteiger partial charge in [0.1, 0.15) is 18.4 Å². The van der Waals surface area contributed by atoms with Crippen LogP contribution in [-0.2, 0) is 19.2 Å². The molecule has 1 saturated heterocycles. The number of likely N-dealkylation sites (tertiary alicyclic amines) is 1. The number of nitrogens with zero attached hydrogens (tertiary/aromatic N) is 1. The van der Waals surface area contributed by atoms with Gasteiger partial charge in [0.15, 0.2) is 0 Å². The monoisotopic (exact) mass is 313 g/mol. The zero-order chi connectivity index (χ0) is 16.9. The number of amides is 2. The highest BCUT2D eigenvalue weighted by Gasteiger charge is 2.39. The molecule has 1 fully saturated rings. The van der Waals surface area contributed by atoms with Gasteiger partial charge < -0.3 is 25.9 Å². The van der Waals surface area contributed by atoms with Gasteiger partial charge in [-0.2, -0.15) is 0 Å². The summed E-state index contributed by atoms with van der Waals surface area (Å²) in [7, 11) is 0. The summed E-state index contributed by atoms with van der Waals surface area (Å²) in [6.45, 7) is 3.54. The lowest BCUT2D eigenvalue weighted by molar-refractivity contribution is -0.145. The van der Waals surface area contributed by atoms with Crippen molar-refractivity contribution >= 4 is 24.1 Å². The predicted molar refractivity (Wildman–Crippen MR) is 77.9 cm³/mol. The van der Waals surface area contributed by atoms with Crippen LogP contribution in [0.15, 0.2) is 0 Å². The Labute approximate surface area is 129 Å². The summed E-state index contributed by atoms with van der Waals surface area (Å²) >= 11 is 0. The highest BCUT2D eigenvalue weighted by atomic mass is 16.4. The molecule has 4 N–H and O–H groups in total. The van der Waals surface area contributed by atoms with E-state index in [1.54, 1.807) is 13.8 Å². The Morgan fingerprint density at radius 3 is 2.59 bits per heavy atom. The largest absolute Gasteiger partial charge is 0.480 e. The minimum atomic E-state index is -1.20. The van der Waals surface area contributed by atoms with Crippen molar-refractivity contribution in [2.45, 2.75) is 57.2 Å². The van der Waals surface area contributed by atoms with Crippen molar-refractivity contribution < 1.29 is 24.3 Å². The summed E-state index contributed by atoms with van der Waals surface area (Å²) in [4.78, 5) is 47.3. The maximum atomic E-state index is 12.3. The van der Waals surface area contributed by atoms with E-state index in [0.29, 0.717) is 25.7 Å². The molecule has 1 heterocycles. The Morgan fingerprint density at radius 2 is 2.09 bits per heavy atom. The maximum Gasteiger partial charge on any atom is 0.326 e. The first-order valence-corrected chi connectivity index (χ1v) is 7.25. The zero-order valence-corrected chi connectivity index (χ0v) is 12.9. The molecule has 0 aromatic rings. The van der Waals surface area contributed by atoms with E-state index < -0.39 is 29.5 Å². The summed E-state index contributed by atoms with van der Waals surface area (Å²) in [6, 6.07) is -1.85. The van der Waals surface area contributed by atoms with Crippen LogP contribution >= 0.6 is 0 Å². The van der Waals surface area contributed by atoms with Crippen LogP contribution in [0.4, 0.5) is 0 Å². The molecule has 8 nitrogen and oxygen atoms in total. The average molecular weight is 313 g/mol. The van der Waals surface area contributed by atoms with Crippen LogP contribution in [0.5, 0.6) is 0 Å². The van der Waals surface area contributed by atoms with E-state index in [1.807, 2.05) is 0 Å². The van der Waals surface area contributed by atoms with Gasteiger partial charge in [0.2, 0.25) is 11.8 Å². The fourth-order valence-electron chi connectivity index (χ4n) is 2.41. The van der Waals surface area contributed by atoms with Crippen molar-refractivity contribution in [2.75, 3.05) is 6.54 Å². The summed E-state index contributed by atoms with van der Waals surface area (Å²) in [6.07, 6.45) is 1.79. The Hall–Kier alpha value is -1.96. The number of nitrogens with two attached hydrogens (primary N) is 1. The van der Waals surface area contributed by atoms with Gasteiger partial charge in [-0.1, -0.05) is 0 Å². The smallest absolute Gasteiger partial charge is 0.326 e. The van der Waals surface area contributed by atoms with E-state index in [0.717, 1.165) is 0 Å². The number of nitrogens with one attached hydrogen (secondary N) is 1. The highest BCUT2D eigenvalue weighted by molar-refractivity contribution is 5.93. The van der Waals surface area contributed by atoms with Crippen LogP contribution in [-0.4, -0.2) is 58.2 Å². The molecule has 1 aliphatic heterocycles. The van der Waals surface area contributed by atoms with Crippen LogP contribution in [0.25, 0.3) is 0 Å². The predicted octanol–water partition coefficient (Wildman–Crippen LogP) is -0.737. The minimum Gasteiger partial charge on any atom is -0.480 e. The number of carboxylic acids is 1. The maximum absolute atomic E-state index is 12.3. The molecular formula is C14H23N3O5. The molecular weight excluding hydrogens is 290 g/mol. The molecule has 0 aromatic heterocycles. The van der Waals surface area contributed by atoms with Crippen molar-refractivity contribution in [3.63, 3.8) is 0 Å². The lowest BCUT2D eigenvalue weighted by Gasteiger charge is -2.30. The second-order valence-electron chi connectivity index (χ2n) is 6.02. The van der Waals surface area contributed by atoms with E-state index >= 15 is 0 Å². The van der Waals surface area contributed by atoms with Gasteiger partial charge >= 0.3 is 5.97 Å². The van der Waals surface area contributed by atoms with Gasteiger partial charge in [0, 0.05) is 13.0 Å². The van der Waals surface area contributed by atoms with Crippen molar-refractivity contribution in [3.8, 4) is 0 Å². The van der Waals surface area contributed by atoms with E-state index in [9.17, 15) is 19.2 Å². The first kappa shape index (κ1) is 18.1. The lowest BCUT2D eigenvalue weighted by atomic mass is 10.0. The first-order valence-electron chi connectivity index (χ1n) is 7.25. The van der Waals surface area contributed by atoms with E-state index in [2.05, 4.69) is 5.32 Å². The van der Waals surface area contributed by atoms with Crippen molar-refractivity contribution in [1.29, 1.82) is 0 Å². The Bertz CT molecular complexity index is 458. The van der Waals surface area contributed by atoms with Crippen molar-refractivity contribution in [1.82, 2.24) is 10.2 Å². The Kier molecular flexibility index (Phi) is 6.04. The van der Waals surface area contributed by atoms with Gasteiger partial charge in [-0.25, -0.2) is 4.79 Å². The molecule has 0 bridgehead atoms. The van der Waals surface area contributed by atoms with E-state index in [1.165, 1.54) is 4.90 Å². The second kappa shape index (κ2) is 7.35. The number of hydrogen-bond acceptors (Lipinski definition) is 5. The van der Waals surface area contributed by atoms with Crippen LogP contribution in [0.1, 0.15) is 39.5 Å². The fraction of sp³-hybridized carbons (Fsp3) is 0.714.